The quantitative estimate of drug-likeness (QED) is 0.845. The van der Waals surface area contributed by atoms with Crippen molar-refractivity contribution < 1.29 is 4.79 Å². The Morgan fingerprint density at radius 1 is 1.21 bits per heavy atom. The van der Waals surface area contributed by atoms with Crippen LogP contribution in [0.25, 0.3) is 0 Å². The van der Waals surface area contributed by atoms with Crippen LogP contribution in [-0.4, -0.2) is 76.9 Å². The van der Waals surface area contributed by atoms with Crippen LogP contribution >= 0.6 is 0 Å². The molecular formula is C23H33N5O. The van der Waals surface area contributed by atoms with Crippen LogP contribution in [0.3, 0.4) is 0 Å². The van der Waals surface area contributed by atoms with Gasteiger partial charge in [-0.3, -0.25) is 9.69 Å². The van der Waals surface area contributed by atoms with Crippen molar-refractivity contribution in [1.29, 1.82) is 0 Å². The molecule has 156 valence electrons. The van der Waals surface area contributed by atoms with E-state index in [9.17, 15) is 4.79 Å². The molecule has 1 unspecified atom stereocenters. The largest absolute Gasteiger partial charge is 0.348 e. The highest BCUT2D eigenvalue weighted by molar-refractivity contribution is 5.94. The zero-order valence-electron chi connectivity index (χ0n) is 17.7. The van der Waals surface area contributed by atoms with Crippen molar-refractivity contribution in [2.75, 3.05) is 46.3 Å². The van der Waals surface area contributed by atoms with E-state index in [0.29, 0.717) is 5.92 Å². The summed E-state index contributed by atoms with van der Waals surface area (Å²) in [6.45, 7) is 8.94. The molecule has 1 N–H and O–H groups in total. The first-order valence-electron chi connectivity index (χ1n) is 10.9. The van der Waals surface area contributed by atoms with Gasteiger partial charge in [0.05, 0.1) is 12.0 Å². The van der Waals surface area contributed by atoms with E-state index in [-0.39, 0.29) is 5.91 Å². The van der Waals surface area contributed by atoms with E-state index in [0.717, 1.165) is 69.9 Å². The number of nitrogens with zero attached hydrogens (tertiary/aromatic N) is 4. The van der Waals surface area contributed by atoms with Gasteiger partial charge in [0.1, 0.15) is 0 Å². The highest BCUT2D eigenvalue weighted by atomic mass is 16.2. The number of likely N-dealkylation sites (tertiary alicyclic amines) is 1. The van der Waals surface area contributed by atoms with E-state index in [1.165, 1.54) is 17.7 Å². The summed E-state index contributed by atoms with van der Waals surface area (Å²) in [5, 5.41) is 0. The molecule has 6 nitrogen and oxygen atoms in total. The van der Waals surface area contributed by atoms with Crippen molar-refractivity contribution in [3.63, 3.8) is 0 Å². The number of H-pyrrole nitrogens is 1. The van der Waals surface area contributed by atoms with Gasteiger partial charge in [0.15, 0.2) is 0 Å². The highest BCUT2D eigenvalue weighted by Gasteiger charge is 2.24. The van der Waals surface area contributed by atoms with Crippen LogP contribution in [0, 0.1) is 12.8 Å². The number of carbonyl (C=O) groups excluding carboxylic acids is 1. The summed E-state index contributed by atoms with van der Waals surface area (Å²) < 4.78 is 0. The SMILES string of the molecule is Cc1[nH]cnc1CN1CCC(Cc2cccc(C(=O)N3CCCN(C)CC3)c2)C1. The second kappa shape index (κ2) is 9.09. The minimum absolute atomic E-state index is 0.184. The van der Waals surface area contributed by atoms with Gasteiger partial charge in [-0.2, -0.15) is 0 Å². The topological polar surface area (TPSA) is 55.5 Å². The molecule has 2 aliphatic rings. The predicted molar refractivity (Wildman–Crippen MR) is 115 cm³/mol. The molecule has 0 bridgehead atoms. The Balaban J connectivity index is 1.34. The Morgan fingerprint density at radius 3 is 2.93 bits per heavy atom. The number of hydrogen-bond acceptors (Lipinski definition) is 4. The second-order valence-corrected chi connectivity index (χ2v) is 8.72. The van der Waals surface area contributed by atoms with E-state index in [1.54, 1.807) is 6.33 Å². The van der Waals surface area contributed by atoms with Crippen molar-refractivity contribution in [2.45, 2.75) is 32.7 Å². The van der Waals surface area contributed by atoms with Gasteiger partial charge < -0.3 is 14.8 Å². The average Bonchev–Trinajstić information content (AvgIpc) is 3.26. The molecule has 0 aliphatic carbocycles. The lowest BCUT2D eigenvalue weighted by Crippen LogP contribution is -2.34. The molecule has 4 rings (SSSR count). The number of aryl methyl sites for hydroxylation is 1. The summed E-state index contributed by atoms with van der Waals surface area (Å²) in [5.74, 6) is 0.829. The van der Waals surface area contributed by atoms with Crippen molar-refractivity contribution in [3.8, 4) is 0 Å². The maximum atomic E-state index is 13.0. The fourth-order valence-electron chi connectivity index (χ4n) is 4.58. The Hall–Kier alpha value is -2.18. The van der Waals surface area contributed by atoms with Gasteiger partial charge in [0.2, 0.25) is 0 Å². The minimum Gasteiger partial charge on any atom is -0.348 e. The normalized spacial score (nSPS) is 21.4. The smallest absolute Gasteiger partial charge is 0.253 e. The average molecular weight is 396 g/mol. The first-order chi connectivity index (χ1) is 14.1. The molecule has 29 heavy (non-hydrogen) atoms. The van der Waals surface area contributed by atoms with E-state index in [1.807, 2.05) is 17.0 Å². The molecule has 1 aromatic carbocycles. The van der Waals surface area contributed by atoms with Crippen LogP contribution in [0.1, 0.15) is 40.2 Å². The number of aromatic nitrogens is 2. The van der Waals surface area contributed by atoms with E-state index >= 15 is 0 Å². The fourth-order valence-corrected chi connectivity index (χ4v) is 4.58. The molecule has 2 aliphatic heterocycles. The van der Waals surface area contributed by atoms with Crippen molar-refractivity contribution in [3.05, 3.63) is 53.1 Å². The maximum absolute atomic E-state index is 13.0. The van der Waals surface area contributed by atoms with Crippen LogP contribution in [-0.2, 0) is 13.0 Å². The number of aromatic amines is 1. The van der Waals surface area contributed by atoms with E-state index < -0.39 is 0 Å². The Bertz CT molecular complexity index is 832. The summed E-state index contributed by atoms with van der Waals surface area (Å²) in [6.07, 6.45) is 5.08. The summed E-state index contributed by atoms with van der Waals surface area (Å²) in [5.41, 5.74) is 4.44. The lowest BCUT2D eigenvalue weighted by Gasteiger charge is -2.21. The Morgan fingerprint density at radius 2 is 2.10 bits per heavy atom. The maximum Gasteiger partial charge on any atom is 0.253 e. The van der Waals surface area contributed by atoms with Crippen LogP contribution in [0.5, 0.6) is 0 Å². The molecule has 1 amide bonds. The molecule has 6 heteroatoms. The van der Waals surface area contributed by atoms with Gasteiger partial charge in [-0.1, -0.05) is 12.1 Å². The third kappa shape index (κ3) is 5.06. The van der Waals surface area contributed by atoms with Gasteiger partial charge in [-0.15, -0.1) is 0 Å². The molecule has 2 aromatic rings. The van der Waals surface area contributed by atoms with Crippen LogP contribution in [0.15, 0.2) is 30.6 Å². The molecule has 2 saturated heterocycles. The minimum atomic E-state index is 0.184. The van der Waals surface area contributed by atoms with Crippen LogP contribution < -0.4 is 0 Å². The van der Waals surface area contributed by atoms with Crippen LogP contribution in [0.4, 0.5) is 0 Å². The van der Waals surface area contributed by atoms with Crippen molar-refractivity contribution in [1.82, 2.24) is 24.7 Å². The van der Waals surface area contributed by atoms with E-state index in [2.05, 4.69) is 45.9 Å². The number of hydrogen-bond donors (Lipinski definition) is 1. The number of likely N-dealkylation sites (N-methyl/N-ethyl adjacent to an activating group) is 1. The zero-order chi connectivity index (χ0) is 20.2. The monoisotopic (exact) mass is 395 g/mol. The number of amides is 1. The summed E-state index contributed by atoms with van der Waals surface area (Å²) in [6, 6.07) is 8.32. The molecule has 0 radical (unpaired) electrons. The number of benzene rings is 1. The number of carbonyl (C=O) groups is 1. The van der Waals surface area contributed by atoms with Gasteiger partial charge in [-0.25, -0.2) is 4.98 Å². The van der Waals surface area contributed by atoms with Gasteiger partial charge in [0, 0.05) is 44.0 Å². The fraction of sp³-hybridized carbons (Fsp3) is 0.565. The van der Waals surface area contributed by atoms with E-state index in [4.69, 9.17) is 0 Å². The zero-order valence-corrected chi connectivity index (χ0v) is 17.7. The number of nitrogens with one attached hydrogen (secondary N) is 1. The summed E-state index contributed by atoms with van der Waals surface area (Å²) >= 11 is 0. The molecule has 3 heterocycles. The number of rotatable bonds is 5. The second-order valence-electron chi connectivity index (χ2n) is 8.72. The molecule has 0 saturated carbocycles. The van der Waals surface area contributed by atoms with Gasteiger partial charge in [0.25, 0.3) is 5.91 Å². The van der Waals surface area contributed by atoms with Crippen molar-refractivity contribution >= 4 is 5.91 Å². The Labute approximate surface area is 173 Å². The molecule has 1 aromatic heterocycles. The first kappa shape index (κ1) is 20.1. The molecule has 0 spiro atoms. The highest BCUT2D eigenvalue weighted by Crippen LogP contribution is 2.23. The lowest BCUT2D eigenvalue weighted by molar-refractivity contribution is 0.0762. The van der Waals surface area contributed by atoms with Crippen LogP contribution in [0.2, 0.25) is 0 Å². The third-order valence-electron chi connectivity index (χ3n) is 6.38. The molecule has 2 fully saturated rings. The molecule has 1 atom stereocenters. The summed E-state index contributed by atoms with van der Waals surface area (Å²) in [7, 11) is 2.13. The van der Waals surface area contributed by atoms with Crippen molar-refractivity contribution in [2.24, 2.45) is 5.92 Å². The predicted octanol–water partition coefficient (Wildman–Crippen LogP) is 2.56. The Kier molecular flexibility index (Phi) is 6.31. The van der Waals surface area contributed by atoms with Gasteiger partial charge >= 0.3 is 0 Å². The summed E-state index contributed by atoms with van der Waals surface area (Å²) in [4.78, 5) is 27.4. The third-order valence-corrected chi connectivity index (χ3v) is 6.38. The first-order valence-corrected chi connectivity index (χ1v) is 10.9. The lowest BCUT2D eigenvalue weighted by atomic mass is 9.97. The standard InChI is InChI=1S/C23H33N5O/c1-18-22(25-17-24-18)16-27-10-7-20(15-27)13-19-5-3-6-21(14-19)23(29)28-9-4-8-26(2)11-12-28/h3,5-6,14,17,20H,4,7-13,15-16H2,1-2H3,(H,24,25). The van der Waals surface area contributed by atoms with Gasteiger partial charge in [-0.05, 0) is 69.9 Å². The molecular weight excluding hydrogens is 362 g/mol. The number of imidazole rings is 1.